The van der Waals surface area contributed by atoms with Crippen molar-refractivity contribution in [2.75, 3.05) is 5.32 Å². The first-order chi connectivity index (χ1) is 8.06. The Bertz CT molecular complexity index is 537. The number of aryl methyl sites for hydroxylation is 2. The predicted octanol–water partition coefficient (Wildman–Crippen LogP) is 3.60. The van der Waals surface area contributed by atoms with Crippen LogP contribution in [-0.2, 0) is 13.6 Å². The molecule has 0 aliphatic heterocycles. The van der Waals surface area contributed by atoms with Gasteiger partial charge in [-0.1, -0.05) is 11.6 Å². The highest BCUT2D eigenvalue weighted by molar-refractivity contribution is 14.1. The summed E-state index contributed by atoms with van der Waals surface area (Å²) >= 11 is 8.40. The van der Waals surface area contributed by atoms with Crippen molar-refractivity contribution < 1.29 is 0 Å². The summed E-state index contributed by atoms with van der Waals surface area (Å²) in [6.07, 6.45) is 0. The van der Waals surface area contributed by atoms with Gasteiger partial charge < -0.3 is 5.32 Å². The van der Waals surface area contributed by atoms with Crippen LogP contribution in [0.1, 0.15) is 11.4 Å². The number of anilines is 1. The Labute approximate surface area is 119 Å². The van der Waals surface area contributed by atoms with E-state index in [2.05, 4.69) is 39.1 Å². The summed E-state index contributed by atoms with van der Waals surface area (Å²) in [5.74, 6) is 0. The predicted molar refractivity (Wildman–Crippen MR) is 79.4 cm³/mol. The molecule has 2 rings (SSSR count). The van der Waals surface area contributed by atoms with E-state index in [1.165, 1.54) is 0 Å². The number of benzene rings is 1. The summed E-state index contributed by atoms with van der Waals surface area (Å²) in [5.41, 5.74) is 3.11. The second kappa shape index (κ2) is 5.27. The van der Waals surface area contributed by atoms with Gasteiger partial charge in [0.1, 0.15) is 0 Å². The lowest BCUT2D eigenvalue weighted by Gasteiger charge is -2.08. The molecule has 0 unspecified atom stereocenters. The third-order valence-corrected chi connectivity index (χ3v) is 3.47. The van der Waals surface area contributed by atoms with Crippen molar-refractivity contribution in [3.05, 3.63) is 44.2 Å². The highest BCUT2D eigenvalue weighted by Gasteiger charge is 2.04. The van der Waals surface area contributed by atoms with E-state index in [9.17, 15) is 0 Å². The van der Waals surface area contributed by atoms with Gasteiger partial charge >= 0.3 is 0 Å². The van der Waals surface area contributed by atoms with Crippen LogP contribution in [0.15, 0.2) is 24.3 Å². The number of nitrogens with one attached hydrogen (secondary N) is 1. The zero-order valence-corrected chi connectivity index (χ0v) is 12.6. The van der Waals surface area contributed by atoms with Gasteiger partial charge in [-0.05, 0) is 53.8 Å². The van der Waals surface area contributed by atoms with E-state index in [-0.39, 0.29) is 0 Å². The number of hydrogen-bond donors (Lipinski definition) is 1. The number of nitrogens with zero attached hydrogens (tertiary/aromatic N) is 2. The summed E-state index contributed by atoms with van der Waals surface area (Å²) in [7, 11) is 1.94. The van der Waals surface area contributed by atoms with Gasteiger partial charge in [0, 0.05) is 10.6 Å². The second-order valence-electron chi connectivity index (χ2n) is 3.88. The molecule has 1 N–H and O–H groups in total. The zero-order chi connectivity index (χ0) is 12.4. The normalized spacial score (nSPS) is 10.6. The highest BCUT2D eigenvalue weighted by Crippen LogP contribution is 2.24. The molecule has 0 saturated heterocycles. The largest absolute Gasteiger partial charge is 0.378 e. The Morgan fingerprint density at radius 3 is 2.76 bits per heavy atom. The van der Waals surface area contributed by atoms with Crippen molar-refractivity contribution in [3.63, 3.8) is 0 Å². The first-order valence-corrected chi connectivity index (χ1v) is 6.70. The average Bonchev–Trinajstić information content (AvgIpc) is 2.56. The van der Waals surface area contributed by atoms with Crippen LogP contribution in [0, 0.1) is 10.5 Å². The summed E-state index contributed by atoms with van der Waals surface area (Å²) in [4.78, 5) is 0. The van der Waals surface area contributed by atoms with Gasteiger partial charge in [-0.25, -0.2) is 0 Å². The van der Waals surface area contributed by atoms with E-state index >= 15 is 0 Å². The van der Waals surface area contributed by atoms with Crippen LogP contribution in [0.4, 0.5) is 5.69 Å². The third-order valence-electron chi connectivity index (χ3n) is 2.49. The maximum Gasteiger partial charge on any atom is 0.0648 e. The minimum Gasteiger partial charge on any atom is -0.378 e. The number of hydrogen-bond acceptors (Lipinski definition) is 2. The number of rotatable bonds is 3. The molecule has 0 radical (unpaired) electrons. The molecule has 17 heavy (non-hydrogen) atoms. The minimum absolute atomic E-state index is 0.720. The molecule has 0 fully saturated rings. The molecular formula is C12H13ClIN3. The summed E-state index contributed by atoms with van der Waals surface area (Å²) in [6.45, 7) is 2.71. The molecule has 1 heterocycles. The van der Waals surface area contributed by atoms with Crippen molar-refractivity contribution in [2.45, 2.75) is 13.5 Å². The minimum atomic E-state index is 0.720. The van der Waals surface area contributed by atoms with Gasteiger partial charge in [0.15, 0.2) is 0 Å². The second-order valence-corrected chi connectivity index (χ2v) is 5.53. The molecule has 0 saturated carbocycles. The number of halogens is 2. The molecule has 1 aromatic carbocycles. The molecule has 90 valence electrons. The van der Waals surface area contributed by atoms with Crippen LogP contribution in [0.25, 0.3) is 0 Å². The van der Waals surface area contributed by atoms with Crippen LogP contribution in [0.5, 0.6) is 0 Å². The van der Waals surface area contributed by atoms with Crippen molar-refractivity contribution in [2.24, 2.45) is 7.05 Å². The van der Waals surface area contributed by atoms with E-state index in [4.69, 9.17) is 11.6 Å². The van der Waals surface area contributed by atoms with Crippen LogP contribution in [-0.4, -0.2) is 9.78 Å². The smallest absolute Gasteiger partial charge is 0.0648 e. The summed E-state index contributed by atoms with van der Waals surface area (Å²) in [5, 5.41) is 8.36. The fourth-order valence-corrected chi connectivity index (χ4v) is 2.57. The van der Waals surface area contributed by atoms with E-state index in [0.29, 0.717) is 0 Å². The Kier molecular flexibility index (Phi) is 3.93. The molecule has 1 aromatic heterocycles. The lowest BCUT2D eigenvalue weighted by atomic mass is 10.3. The zero-order valence-electron chi connectivity index (χ0n) is 9.67. The van der Waals surface area contributed by atoms with Crippen molar-refractivity contribution in [3.8, 4) is 0 Å². The molecule has 0 aliphatic rings. The molecule has 0 bridgehead atoms. The van der Waals surface area contributed by atoms with Gasteiger partial charge in [0.05, 0.1) is 28.6 Å². The topological polar surface area (TPSA) is 29.9 Å². The quantitative estimate of drug-likeness (QED) is 0.847. The Balaban J connectivity index is 2.10. The fourth-order valence-electron chi connectivity index (χ4n) is 1.65. The van der Waals surface area contributed by atoms with Crippen LogP contribution < -0.4 is 5.32 Å². The average molecular weight is 362 g/mol. The van der Waals surface area contributed by atoms with Crippen molar-refractivity contribution in [1.82, 2.24) is 9.78 Å². The van der Waals surface area contributed by atoms with Gasteiger partial charge in [-0.3, -0.25) is 4.68 Å². The molecule has 5 heteroatoms. The lowest BCUT2D eigenvalue weighted by Crippen LogP contribution is -2.05. The molecule has 0 spiro atoms. The SMILES string of the molecule is Cc1cc(CNc2ccc(I)cc2Cl)n(C)n1. The molecule has 0 aliphatic carbocycles. The standard InChI is InChI=1S/C12H13ClIN3/c1-8-5-10(17(2)16-8)7-15-12-4-3-9(14)6-11(12)13/h3-6,15H,7H2,1-2H3. The van der Waals surface area contributed by atoms with Gasteiger partial charge in [-0.2, -0.15) is 5.10 Å². The van der Waals surface area contributed by atoms with E-state index in [0.717, 1.165) is 32.2 Å². The molecule has 2 aromatic rings. The molecule has 0 amide bonds. The molecule has 3 nitrogen and oxygen atoms in total. The van der Waals surface area contributed by atoms with Crippen LogP contribution in [0.3, 0.4) is 0 Å². The summed E-state index contributed by atoms with van der Waals surface area (Å²) < 4.78 is 3.01. The Morgan fingerprint density at radius 1 is 1.41 bits per heavy atom. The first-order valence-electron chi connectivity index (χ1n) is 5.24. The molecule has 0 atom stereocenters. The van der Waals surface area contributed by atoms with E-state index in [1.807, 2.05) is 36.9 Å². The monoisotopic (exact) mass is 361 g/mol. The van der Waals surface area contributed by atoms with E-state index in [1.54, 1.807) is 0 Å². The van der Waals surface area contributed by atoms with Crippen molar-refractivity contribution >= 4 is 39.9 Å². The maximum atomic E-state index is 6.15. The van der Waals surface area contributed by atoms with E-state index < -0.39 is 0 Å². The lowest BCUT2D eigenvalue weighted by molar-refractivity contribution is 0.713. The maximum absolute atomic E-state index is 6.15. The Hall–Kier alpha value is -0.750. The summed E-state index contributed by atoms with van der Waals surface area (Å²) in [6, 6.07) is 8.03. The van der Waals surface area contributed by atoms with Gasteiger partial charge in [0.2, 0.25) is 0 Å². The first kappa shape index (κ1) is 12.7. The van der Waals surface area contributed by atoms with Gasteiger partial charge in [-0.15, -0.1) is 0 Å². The van der Waals surface area contributed by atoms with Crippen LogP contribution >= 0.6 is 34.2 Å². The third kappa shape index (κ3) is 3.13. The highest BCUT2D eigenvalue weighted by atomic mass is 127. The Morgan fingerprint density at radius 2 is 2.18 bits per heavy atom. The molecular weight excluding hydrogens is 349 g/mol. The van der Waals surface area contributed by atoms with Gasteiger partial charge in [0.25, 0.3) is 0 Å². The fraction of sp³-hybridized carbons (Fsp3) is 0.250. The number of aromatic nitrogens is 2. The van der Waals surface area contributed by atoms with Crippen LogP contribution in [0.2, 0.25) is 5.02 Å². The van der Waals surface area contributed by atoms with Crippen molar-refractivity contribution in [1.29, 1.82) is 0 Å².